The molecule has 0 aromatic carbocycles. The van der Waals surface area contributed by atoms with Gasteiger partial charge in [0.1, 0.15) is 6.61 Å². The Kier molecular flexibility index (Phi) is 7.75. The number of nitrogens with zero attached hydrogens (tertiary/aromatic N) is 2. The first-order valence-electron chi connectivity index (χ1n) is 11.2. The Hall–Kier alpha value is -1.14. The zero-order chi connectivity index (χ0) is 20.0. The van der Waals surface area contributed by atoms with Crippen LogP contribution in [0.5, 0.6) is 0 Å². The van der Waals surface area contributed by atoms with Crippen LogP contribution in [0.25, 0.3) is 0 Å². The lowest BCUT2D eigenvalue weighted by molar-refractivity contribution is -0.166. The second kappa shape index (κ2) is 10.1. The van der Waals surface area contributed by atoms with Gasteiger partial charge in [0.05, 0.1) is 11.7 Å². The van der Waals surface area contributed by atoms with Crippen LogP contribution in [-0.2, 0) is 19.1 Å². The van der Waals surface area contributed by atoms with E-state index in [-0.39, 0.29) is 24.2 Å². The molecule has 160 valence electrons. The number of amides is 2. The molecule has 2 aliphatic heterocycles. The third-order valence-corrected chi connectivity index (χ3v) is 6.91. The molecule has 3 fully saturated rings. The summed E-state index contributed by atoms with van der Waals surface area (Å²) in [4.78, 5) is 28.0. The normalized spacial score (nSPS) is 25.6. The van der Waals surface area contributed by atoms with Gasteiger partial charge in [0, 0.05) is 46.6 Å². The quantitative estimate of drug-likeness (QED) is 0.695. The van der Waals surface area contributed by atoms with Crippen LogP contribution < -0.4 is 0 Å². The van der Waals surface area contributed by atoms with Crippen LogP contribution in [0.4, 0.5) is 0 Å². The summed E-state index contributed by atoms with van der Waals surface area (Å²) in [5, 5.41) is 0. The van der Waals surface area contributed by atoms with E-state index in [0.717, 1.165) is 51.1 Å². The lowest BCUT2D eigenvalue weighted by atomic mass is 9.83. The van der Waals surface area contributed by atoms with E-state index in [2.05, 4.69) is 0 Å². The maximum Gasteiger partial charge on any atom is 0.248 e. The molecule has 0 radical (unpaired) electrons. The van der Waals surface area contributed by atoms with Gasteiger partial charge in [-0.25, -0.2) is 0 Å². The minimum absolute atomic E-state index is 0.000997. The van der Waals surface area contributed by atoms with Gasteiger partial charge in [-0.3, -0.25) is 9.59 Å². The maximum absolute atomic E-state index is 12.6. The average molecular weight is 395 g/mol. The highest BCUT2D eigenvalue weighted by Crippen LogP contribution is 2.36. The fourth-order valence-electron chi connectivity index (χ4n) is 4.92. The topological polar surface area (TPSA) is 59.1 Å². The predicted molar refractivity (Wildman–Crippen MR) is 108 cm³/mol. The second-order valence-corrected chi connectivity index (χ2v) is 9.17. The van der Waals surface area contributed by atoms with Gasteiger partial charge in [-0.05, 0) is 31.6 Å². The average Bonchev–Trinajstić information content (AvgIpc) is 2.71. The largest absolute Gasteiger partial charge is 0.375 e. The summed E-state index contributed by atoms with van der Waals surface area (Å²) in [6.07, 6.45) is 11.9. The Morgan fingerprint density at radius 3 is 2.50 bits per heavy atom. The molecule has 0 aromatic rings. The number of rotatable bonds is 6. The summed E-state index contributed by atoms with van der Waals surface area (Å²) in [5.74, 6) is 1.08. The lowest BCUT2D eigenvalue weighted by Gasteiger charge is -2.46. The highest BCUT2D eigenvalue weighted by Gasteiger charge is 2.41. The Morgan fingerprint density at radius 1 is 1.11 bits per heavy atom. The van der Waals surface area contributed by atoms with Crippen LogP contribution in [-0.4, -0.2) is 73.7 Å². The number of piperidine rings is 1. The Morgan fingerprint density at radius 2 is 1.82 bits per heavy atom. The number of ether oxygens (including phenoxy) is 2. The molecule has 0 N–H and O–H groups in total. The van der Waals surface area contributed by atoms with E-state index in [1.165, 1.54) is 32.1 Å². The van der Waals surface area contributed by atoms with Crippen molar-refractivity contribution in [3.8, 4) is 0 Å². The molecule has 1 spiro atoms. The molecule has 1 aliphatic carbocycles. The first-order chi connectivity index (χ1) is 13.5. The van der Waals surface area contributed by atoms with Crippen molar-refractivity contribution in [2.24, 2.45) is 5.92 Å². The maximum atomic E-state index is 12.6. The SMILES string of the molecule is CN(C)C(=O)COC1CCOC2(CCN(C(=O)CCC3CCCCC3)CC2)C1. The summed E-state index contributed by atoms with van der Waals surface area (Å²) in [6, 6.07) is 0. The van der Waals surface area contributed by atoms with Crippen LogP contribution in [0.2, 0.25) is 0 Å². The molecule has 0 aromatic heterocycles. The van der Waals surface area contributed by atoms with Crippen molar-refractivity contribution in [3.63, 3.8) is 0 Å². The van der Waals surface area contributed by atoms with Gasteiger partial charge >= 0.3 is 0 Å². The van der Waals surface area contributed by atoms with E-state index in [0.29, 0.717) is 18.9 Å². The molecule has 3 rings (SSSR count). The molecule has 0 bridgehead atoms. The van der Waals surface area contributed by atoms with Gasteiger partial charge in [0.15, 0.2) is 0 Å². The third-order valence-electron chi connectivity index (χ3n) is 6.91. The van der Waals surface area contributed by atoms with Crippen molar-refractivity contribution >= 4 is 11.8 Å². The number of carbonyl (C=O) groups is 2. The molecule has 2 amide bonds. The van der Waals surface area contributed by atoms with E-state index in [9.17, 15) is 9.59 Å². The fourth-order valence-corrected chi connectivity index (χ4v) is 4.92. The van der Waals surface area contributed by atoms with Gasteiger partial charge in [-0.2, -0.15) is 0 Å². The number of hydrogen-bond donors (Lipinski definition) is 0. The number of carbonyl (C=O) groups excluding carboxylic acids is 2. The molecule has 2 saturated heterocycles. The van der Waals surface area contributed by atoms with E-state index >= 15 is 0 Å². The zero-order valence-corrected chi connectivity index (χ0v) is 17.8. The van der Waals surface area contributed by atoms with Crippen molar-refractivity contribution in [1.29, 1.82) is 0 Å². The van der Waals surface area contributed by atoms with Crippen LogP contribution in [0.15, 0.2) is 0 Å². The number of likely N-dealkylation sites (tertiary alicyclic amines) is 1. The van der Waals surface area contributed by atoms with Crippen LogP contribution in [0.3, 0.4) is 0 Å². The minimum Gasteiger partial charge on any atom is -0.375 e. The molecule has 1 saturated carbocycles. The van der Waals surface area contributed by atoms with Crippen molar-refractivity contribution < 1.29 is 19.1 Å². The Bertz CT molecular complexity index is 523. The van der Waals surface area contributed by atoms with Gasteiger partial charge < -0.3 is 19.3 Å². The van der Waals surface area contributed by atoms with Crippen molar-refractivity contribution in [3.05, 3.63) is 0 Å². The van der Waals surface area contributed by atoms with Crippen molar-refractivity contribution in [2.75, 3.05) is 40.4 Å². The summed E-state index contributed by atoms with van der Waals surface area (Å²) in [6.45, 7) is 2.38. The Balaban J connectivity index is 1.40. The molecule has 3 aliphatic rings. The summed E-state index contributed by atoms with van der Waals surface area (Å²) >= 11 is 0. The zero-order valence-electron chi connectivity index (χ0n) is 17.8. The first kappa shape index (κ1) is 21.6. The molecule has 2 heterocycles. The molecule has 1 atom stereocenters. The van der Waals surface area contributed by atoms with E-state index in [4.69, 9.17) is 9.47 Å². The molecular formula is C22H38N2O4. The molecular weight excluding hydrogens is 356 g/mol. The van der Waals surface area contributed by atoms with Crippen LogP contribution >= 0.6 is 0 Å². The number of hydrogen-bond acceptors (Lipinski definition) is 4. The molecule has 6 heteroatoms. The monoisotopic (exact) mass is 394 g/mol. The van der Waals surface area contributed by atoms with Gasteiger partial charge in [-0.15, -0.1) is 0 Å². The summed E-state index contributed by atoms with van der Waals surface area (Å²) in [7, 11) is 3.50. The molecule has 1 unspecified atom stereocenters. The first-order valence-corrected chi connectivity index (χ1v) is 11.2. The highest BCUT2D eigenvalue weighted by molar-refractivity contribution is 5.77. The molecule has 6 nitrogen and oxygen atoms in total. The lowest BCUT2D eigenvalue weighted by Crippen LogP contribution is -2.52. The van der Waals surface area contributed by atoms with Gasteiger partial charge in [0.25, 0.3) is 0 Å². The van der Waals surface area contributed by atoms with Crippen LogP contribution in [0.1, 0.15) is 70.6 Å². The smallest absolute Gasteiger partial charge is 0.248 e. The van der Waals surface area contributed by atoms with E-state index in [1.807, 2.05) is 4.90 Å². The van der Waals surface area contributed by atoms with Gasteiger partial charge in [0.2, 0.25) is 11.8 Å². The summed E-state index contributed by atoms with van der Waals surface area (Å²) in [5.41, 5.74) is -0.176. The third kappa shape index (κ3) is 5.93. The second-order valence-electron chi connectivity index (χ2n) is 9.17. The van der Waals surface area contributed by atoms with E-state index < -0.39 is 0 Å². The van der Waals surface area contributed by atoms with Crippen molar-refractivity contribution in [2.45, 2.75) is 82.3 Å². The fraction of sp³-hybridized carbons (Fsp3) is 0.909. The van der Waals surface area contributed by atoms with Gasteiger partial charge in [-0.1, -0.05) is 32.1 Å². The minimum atomic E-state index is -0.176. The molecule has 28 heavy (non-hydrogen) atoms. The summed E-state index contributed by atoms with van der Waals surface area (Å²) < 4.78 is 12.0. The Labute approximate surface area is 169 Å². The highest BCUT2D eigenvalue weighted by atomic mass is 16.5. The van der Waals surface area contributed by atoms with E-state index in [1.54, 1.807) is 19.0 Å². The predicted octanol–water partition coefficient (Wildman–Crippen LogP) is 2.99. The van der Waals surface area contributed by atoms with Crippen LogP contribution in [0, 0.1) is 5.92 Å². The number of likely N-dealkylation sites (N-methyl/N-ethyl adjacent to an activating group) is 1. The van der Waals surface area contributed by atoms with Crippen molar-refractivity contribution in [1.82, 2.24) is 9.80 Å². The standard InChI is InChI=1S/C22H38N2O4/c1-23(2)21(26)17-27-19-10-15-28-22(16-19)11-13-24(14-12-22)20(25)9-8-18-6-4-3-5-7-18/h18-19H,3-17H2,1-2H3.